The molecule has 2 aromatic carbocycles. The number of aliphatic imine (C=N–C) groups is 1. The SMILES string of the molecule is C=CCC1C(CCc2ccc(OC)cc2)=CN=C1c1ccccc1. The highest BCUT2D eigenvalue weighted by Gasteiger charge is 2.24. The van der Waals surface area contributed by atoms with Crippen molar-refractivity contribution >= 4 is 5.71 Å². The van der Waals surface area contributed by atoms with E-state index in [4.69, 9.17) is 9.73 Å². The molecule has 0 N–H and O–H groups in total. The molecule has 1 aliphatic heterocycles. The molecule has 1 unspecified atom stereocenters. The summed E-state index contributed by atoms with van der Waals surface area (Å²) in [5.74, 6) is 1.25. The lowest BCUT2D eigenvalue weighted by molar-refractivity contribution is 0.414. The average molecular weight is 317 g/mol. The van der Waals surface area contributed by atoms with Crippen LogP contribution < -0.4 is 4.74 Å². The highest BCUT2D eigenvalue weighted by Crippen LogP contribution is 2.30. The Morgan fingerprint density at radius 1 is 1.04 bits per heavy atom. The molecule has 0 fully saturated rings. The lowest BCUT2D eigenvalue weighted by atomic mass is 9.86. The predicted molar refractivity (Wildman–Crippen MR) is 101 cm³/mol. The summed E-state index contributed by atoms with van der Waals surface area (Å²) in [6, 6.07) is 18.8. The Kier molecular flexibility index (Phi) is 5.27. The molecular formula is C22H23NO. The Hall–Kier alpha value is -2.61. The molecule has 0 saturated carbocycles. The van der Waals surface area contributed by atoms with E-state index in [1.54, 1.807) is 7.11 Å². The fraction of sp³-hybridized carbons (Fsp3) is 0.227. The second-order valence-corrected chi connectivity index (χ2v) is 6.01. The van der Waals surface area contributed by atoms with Crippen LogP contribution >= 0.6 is 0 Å². The number of methoxy groups -OCH3 is 1. The molecule has 2 aromatic rings. The van der Waals surface area contributed by atoms with Gasteiger partial charge in [0.2, 0.25) is 0 Å². The molecule has 1 heterocycles. The van der Waals surface area contributed by atoms with E-state index in [-0.39, 0.29) is 0 Å². The fourth-order valence-electron chi connectivity index (χ4n) is 3.14. The van der Waals surface area contributed by atoms with Gasteiger partial charge in [-0.3, -0.25) is 4.99 Å². The zero-order valence-corrected chi connectivity index (χ0v) is 14.1. The second kappa shape index (κ2) is 7.78. The highest BCUT2D eigenvalue weighted by molar-refractivity contribution is 6.05. The van der Waals surface area contributed by atoms with E-state index in [0.29, 0.717) is 5.92 Å². The van der Waals surface area contributed by atoms with Gasteiger partial charge in [-0.05, 0) is 48.1 Å². The van der Waals surface area contributed by atoms with Gasteiger partial charge in [0, 0.05) is 12.1 Å². The predicted octanol–water partition coefficient (Wildman–Crippen LogP) is 5.21. The minimum absolute atomic E-state index is 0.350. The lowest BCUT2D eigenvalue weighted by Crippen LogP contribution is -2.14. The summed E-state index contributed by atoms with van der Waals surface area (Å²) in [6.45, 7) is 3.93. The lowest BCUT2D eigenvalue weighted by Gasteiger charge is -2.16. The average Bonchev–Trinajstić information content (AvgIpc) is 3.04. The minimum Gasteiger partial charge on any atom is -0.497 e. The molecule has 0 bridgehead atoms. The molecule has 2 nitrogen and oxygen atoms in total. The van der Waals surface area contributed by atoms with Crippen molar-refractivity contribution in [3.63, 3.8) is 0 Å². The number of hydrogen-bond donors (Lipinski definition) is 0. The summed E-state index contributed by atoms with van der Waals surface area (Å²) in [5, 5.41) is 0. The van der Waals surface area contributed by atoms with Gasteiger partial charge in [-0.2, -0.15) is 0 Å². The van der Waals surface area contributed by atoms with Crippen LogP contribution in [0.25, 0.3) is 0 Å². The quantitative estimate of drug-likeness (QED) is 0.643. The number of allylic oxidation sites excluding steroid dienone is 2. The maximum atomic E-state index is 5.22. The number of ether oxygens (including phenoxy) is 1. The normalized spacial score (nSPS) is 16.5. The maximum Gasteiger partial charge on any atom is 0.118 e. The monoisotopic (exact) mass is 317 g/mol. The standard InChI is InChI=1S/C22H23NO/c1-3-7-21-19(13-10-17-11-14-20(24-2)15-12-17)16-23-22(21)18-8-5-4-6-9-18/h3-6,8-9,11-12,14-16,21H,1,7,10,13H2,2H3. The van der Waals surface area contributed by atoms with Crippen molar-refractivity contribution in [1.29, 1.82) is 0 Å². The fourth-order valence-corrected chi connectivity index (χ4v) is 3.14. The molecule has 0 spiro atoms. The van der Waals surface area contributed by atoms with Crippen LogP contribution in [0.5, 0.6) is 5.75 Å². The topological polar surface area (TPSA) is 21.6 Å². The summed E-state index contributed by atoms with van der Waals surface area (Å²) in [6.07, 6.45) is 7.02. The van der Waals surface area contributed by atoms with Gasteiger partial charge in [0.15, 0.2) is 0 Å². The molecule has 2 heteroatoms. The van der Waals surface area contributed by atoms with Crippen LogP contribution in [0.15, 0.2) is 84.0 Å². The van der Waals surface area contributed by atoms with Gasteiger partial charge in [0.1, 0.15) is 5.75 Å². The van der Waals surface area contributed by atoms with Crippen LogP contribution in [-0.2, 0) is 6.42 Å². The van der Waals surface area contributed by atoms with Crippen molar-refractivity contribution in [3.05, 3.63) is 90.2 Å². The van der Waals surface area contributed by atoms with Crippen LogP contribution in [0, 0.1) is 5.92 Å². The van der Waals surface area contributed by atoms with E-state index in [1.165, 1.54) is 22.4 Å². The van der Waals surface area contributed by atoms with E-state index in [2.05, 4.69) is 49.2 Å². The number of rotatable bonds is 7. The largest absolute Gasteiger partial charge is 0.497 e. The first-order valence-corrected chi connectivity index (χ1v) is 8.37. The van der Waals surface area contributed by atoms with Crippen molar-refractivity contribution in [3.8, 4) is 5.75 Å². The minimum atomic E-state index is 0.350. The van der Waals surface area contributed by atoms with Crippen molar-refractivity contribution < 1.29 is 4.74 Å². The summed E-state index contributed by atoms with van der Waals surface area (Å²) in [5.41, 5.74) is 5.09. The Labute approximate surface area is 144 Å². The zero-order chi connectivity index (χ0) is 16.8. The van der Waals surface area contributed by atoms with E-state index in [9.17, 15) is 0 Å². The van der Waals surface area contributed by atoms with Gasteiger partial charge in [0.25, 0.3) is 0 Å². The molecule has 0 aliphatic carbocycles. The van der Waals surface area contributed by atoms with Crippen LogP contribution in [0.4, 0.5) is 0 Å². The highest BCUT2D eigenvalue weighted by atomic mass is 16.5. The molecule has 3 rings (SSSR count). The number of benzene rings is 2. The van der Waals surface area contributed by atoms with Gasteiger partial charge in [-0.25, -0.2) is 0 Å². The number of nitrogens with zero attached hydrogens (tertiary/aromatic N) is 1. The van der Waals surface area contributed by atoms with Crippen molar-refractivity contribution in [2.45, 2.75) is 19.3 Å². The van der Waals surface area contributed by atoms with Gasteiger partial charge in [-0.15, -0.1) is 6.58 Å². The molecule has 0 saturated heterocycles. The van der Waals surface area contributed by atoms with Crippen LogP contribution in [0.3, 0.4) is 0 Å². The van der Waals surface area contributed by atoms with Gasteiger partial charge >= 0.3 is 0 Å². The number of hydrogen-bond acceptors (Lipinski definition) is 2. The van der Waals surface area contributed by atoms with E-state index < -0.39 is 0 Å². The van der Waals surface area contributed by atoms with Crippen molar-refractivity contribution in [2.75, 3.05) is 7.11 Å². The Bertz CT molecular complexity index is 741. The summed E-state index contributed by atoms with van der Waals surface area (Å²) < 4.78 is 5.22. The summed E-state index contributed by atoms with van der Waals surface area (Å²) >= 11 is 0. The second-order valence-electron chi connectivity index (χ2n) is 6.01. The van der Waals surface area contributed by atoms with E-state index >= 15 is 0 Å². The zero-order valence-electron chi connectivity index (χ0n) is 14.1. The van der Waals surface area contributed by atoms with Crippen LogP contribution in [-0.4, -0.2) is 12.8 Å². The summed E-state index contributed by atoms with van der Waals surface area (Å²) in [7, 11) is 1.70. The smallest absolute Gasteiger partial charge is 0.118 e. The molecule has 1 aliphatic rings. The Morgan fingerprint density at radius 2 is 1.79 bits per heavy atom. The van der Waals surface area contributed by atoms with Crippen molar-refractivity contribution in [1.82, 2.24) is 0 Å². The molecule has 1 atom stereocenters. The van der Waals surface area contributed by atoms with Crippen molar-refractivity contribution in [2.24, 2.45) is 10.9 Å². The van der Waals surface area contributed by atoms with Gasteiger partial charge in [0.05, 0.1) is 12.8 Å². The Balaban J connectivity index is 1.68. The van der Waals surface area contributed by atoms with Crippen LogP contribution in [0.2, 0.25) is 0 Å². The first-order chi connectivity index (χ1) is 11.8. The van der Waals surface area contributed by atoms with Crippen LogP contribution in [0.1, 0.15) is 24.0 Å². The molecule has 0 aromatic heterocycles. The summed E-state index contributed by atoms with van der Waals surface area (Å²) in [4.78, 5) is 4.71. The first-order valence-electron chi connectivity index (χ1n) is 8.37. The van der Waals surface area contributed by atoms with E-state index in [1.807, 2.05) is 24.3 Å². The van der Waals surface area contributed by atoms with E-state index in [0.717, 1.165) is 25.0 Å². The Morgan fingerprint density at radius 3 is 2.46 bits per heavy atom. The third-order valence-corrected chi connectivity index (χ3v) is 4.48. The third-order valence-electron chi connectivity index (χ3n) is 4.48. The molecular weight excluding hydrogens is 294 g/mol. The molecule has 122 valence electrons. The number of aryl methyl sites for hydroxylation is 1. The van der Waals surface area contributed by atoms with Gasteiger partial charge < -0.3 is 4.74 Å². The molecule has 0 amide bonds. The maximum absolute atomic E-state index is 5.22. The van der Waals surface area contributed by atoms with Gasteiger partial charge in [-0.1, -0.05) is 48.5 Å². The molecule has 24 heavy (non-hydrogen) atoms. The third kappa shape index (κ3) is 3.65. The molecule has 0 radical (unpaired) electrons. The first kappa shape index (κ1) is 16.3.